The van der Waals surface area contributed by atoms with Gasteiger partial charge in [-0.2, -0.15) is 4.31 Å². The van der Waals surface area contributed by atoms with E-state index in [1.807, 2.05) is 0 Å². The van der Waals surface area contributed by atoms with Crippen molar-refractivity contribution in [1.82, 2.24) is 9.62 Å². The highest BCUT2D eigenvalue weighted by molar-refractivity contribution is 7.89. The van der Waals surface area contributed by atoms with Crippen LogP contribution in [0.1, 0.15) is 55.8 Å². The number of carbonyl (C=O) groups excluding carboxylic acids is 1. The lowest BCUT2D eigenvalue weighted by atomic mass is 10.0. The average molecular weight is 395 g/mol. The maximum atomic E-state index is 12.7. The monoisotopic (exact) mass is 394 g/mol. The minimum absolute atomic E-state index is 0.199. The Balaban J connectivity index is 1.52. The summed E-state index contributed by atoms with van der Waals surface area (Å²) in [5, 5.41) is 2.94. The van der Waals surface area contributed by atoms with Crippen molar-refractivity contribution in [3.05, 3.63) is 29.8 Å². The van der Waals surface area contributed by atoms with Crippen molar-refractivity contribution in [2.24, 2.45) is 0 Å². The standard InChI is InChI=1S/C20H31N3O3S/c1-17-8-2-3-12-22(17)13-7-11-21-20(24)18-9-6-10-19(16-18)27(25,26)23-14-4-5-15-23/h6,9-10,16-17H,2-5,7-8,11-15H2,1H3,(H,21,24)/p+1/t17-/m1/s1. The molecule has 7 heteroatoms. The SMILES string of the molecule is C[C@@H]1CCCC[NH+]1CCCNC(=O)c1cccc(S(=O)(=O)N2CCCC2)c1. The van der Waals surface area contributed by atoms with E-state index in [0.717, 1.165) is 25.8 Å². The Morgan fingerprint density at radius 2 is 2.00 bits per heavy atom. The molecule has 150 valence electrons. The molecular weight excluding hydrogens is 362 g/mol. The molecule has 0 bridgehead atoms. The molecule has 0 aromatic heterocycles. The quantitative estimate of drug-likeness (QED) is 0.679. The van der Waals surface area contributed by atoms with Gasteiger partial charge in [0.1, 0.15) is 0 Å². The van der Waals surface area contributed by atoms with Crippen LogP contribution < -0.4 is 10.2 Å². The van der Waals surface area contributed by atoms with Gasteiger partial charge in [0, 0.05) is 31.6 Å². The van der Waals surface area contributed by atoms with Crippen molar-refractivity contribution in [2.45, 2.75) is 56.4 Å². The number of benzene rings is 1. The van der Waals surface area contributed by atoms with E-state index in [0.29, 0.717) is 31.2 Å². The van der Waals surface area contributed by atoms with Crippen LogP contribution >= 0.6 is 0 Å². The summed E-state index contributed by atoms with van der Waals surface area (Å²) < 4.78 is 26.8. The smallest absolute Gasteiger partial charge is 0.251 e. The van der Waals surface area contributed by atoms with Gasteiger partial charge in [0.2, 0.25) is 10.0 Å². The third-order valence-electron chi connectivity index (χ3n) is 5.84. The van der Waals surface area contributed by atoms with Gasteiger partial charge in [0.05, 0.1) is 24.0 Å². The Hall–Kier alpha value is -1.44. The molecule has 2 aliphatic heterocycles. The van der Waals surface area contributed by atoms with E-state index in [1.165, 1.54) is 36.2 Å². The molecule has 0 spiro atoms. The van der Waals surface area contributed by atoms with Gasteiger partial charge in [-0.25, -0.2) is 8.42 Å². The highest BCUT2D eigenvalue weighted by Gasteiger charge is 2.27. The predicted octanol–water partition coefficient (Wildman–Crippen LogP) is 1.05. The number of quaternary nitrogens is 1. The van der Waals surface area contributed by atoms with E-state index in [-0.39, 0.29) is 10.8 Å². The van der Waals surface area contributed by atoms with Crippen LogP contribution in [0.2, 0.25) is 0 Å². The fourth-order valence-electron chi connectivity index (χ4n) is 4.12. The van der Waals surface area contributed by atoms with E-state index >= 15 is 0 Å². The fraction of sp³-hybridized carbons (Fsp3) is 0.650. The Morgan fingerprint density at radius 3 is 2.74 bits per heavy atom. The summed E-state index contributed by atoms with van der Waals surface area (Å²) in [4.78, 5) is 14.3. The third kappa shape index (κ3) is 5.09. The van der Waals surface area contributed by atoms with Crippen LogP contribution in [0.15, 0.2) is 29.2 Å². The summed E-state index contributed by atoms with van der Waals surface area (Å²) in [6, 6.07) is 7.11. The molecule has 3 rings (SSSR count). The zero-order valence-corrected chi connectivity index (χ0v) is 17.1. The van der Waals surface area contributed by atoms with E-state index < -0.39 is 10.0 Å². The number of rotatable bonds is 7. The number of nitrogens with zero attached hydrogens (tertiary/aromatic N) is 1. The number of carbonyl (C=O) groups is 1. The lowest BCUT2D eigenvalue weighted by Gasteiger charge is -2.30. The van der Waals surface area contributed by atoms with Gasteiger partial charge in [-0.15, -0.1) is 0 Å². The molecule has 1 aromatic carbocycles. The molecule has 2 N–H and O–H groups in total. The normalized spacial score (nSPS) is 24.0. The number of piperidine rings is 1. The van der Waals surface area contributed by atoms with Gasteiger partial charge in [0.15, 0.2) is 0 Å². The number of nitrogens with one attached hydrogen (secondary N) is 2. The molecule has 2 atom stereocenters. The Morgan fingerprint density at radius 1 is 1.22 bits per heavy atom. The van der Waals surface area contributed by atoms with Gasteiger partial charge in [-0.05, 0) is 57.2 Å². The van der Waals surface area contributed by atoms with Crippen molar-refractivity contribution >= 4 is 15.9 Å². The van der Waals surface area contributed by atoms with Crippen molar-refractivity contribution in [3.63, 3.8) is 0 Å². The molecule has 27 heavy (non-hydrogen) atoms. The zero-order chi connectivity index (χ0) is 19.3. The summed E-state index contributed by atoms with van der Waals surface area (Å²) >= 11 is 0. The Kier molecular flexibility index (Phi) is 6.89. The molecule has 2 aliphatic rings. The lowest BCUT2D eigenvalue weighted by Crippen LogP contribution is -3.16. The molecule has 1 aromatic rings. The van der Waals surface area contributed by atoms with E-state index in [9.17, 15) is 13.2 Å². The lowest BCUT2D eigenvalue weighted by molar-refractivity contribution is -0.928. The van der Waals surface area contributed by atoms with Crippen LogP contribution in [0, 0.1) is 0 Å². The van der Waals surface area contributed by atoms with Crippen LogP contribution in [0.3, 0.4) is 0 Å². The molecule has 1 unspecified atom stereocenters. The molecule has 2 heterocycles. The second kappa shape index (κ2) is 9.17. The number of hydrogen-bond acceptors (Lipinski definition) is 3. The summed E-state index contributed by atoms with van der Waals surface area (Å²) in [5.41, 5.74) is 0.411. The molecule has 6 nitrogen and oxygen atoms in total. The van der Waals surface area contributed by atoms with Gasteiger partial charge >= 0.3 is 0 Å². The van der Waals surface area contributed by atoms with Crippen LogP contribution in [-0.4, -0.2) is 57.4 Å². The van der Waals surface area contributed by atoms with Crippen molar-refractivity contribution in [3.8, 4) is 0 Å². The fourth-order valence-corrected chi connectivity index (χ4v) is 5.68. The first-order valence-electron chi connectivity index (χ1n) is 10.2. The summed E-state index contributed by atoms with van der Waals surface area (Å²) in [5.74, 6) is -0.199. The first-order chi connectivity index (χ1) is 13.0. The highest BCUT2D eigenvalue weighted by atomic mass is 32.2. The van der Waals surface area contributed by atoms with E-state index in [1.54, 1.807) is 23.1 Å². The van der Waals surface area contributed by atoms with Gasteiger partial charge in [0.25, 0.3) is 5.91 Å². The van der Waals surface area contributed by atoms with Gasteiger partial charge in [-0.1, -0.05) is 6.07 Å². The zero-order valence-electron chi connectivity index (χ0n) is 16.2. The predicted molar refractivity (Wildman–Crippen MR) is 105 cm³/mol. The first kappa shape index (κ1) is 20.3. The second-order valence-electron chi connectivity index (χ2n) is 7.80. The molecule has 2 fully saturated rings. The average Bonchev–Trinajstić information content (AvgIpc) is 3.22. The van der Waals surface area contributed by atoms with Crippen LogP contribution in [-0.2, 0) is 10.0 Å². The molecule has 2 saturated heterocycles. The van der Waals surface area contributed by atoms with Crippen molar-refractivity contribution < 1.29 is 18.1 Å². The van der Waals surface area contributed by atoms with E-state index in [4.69, 9.17) is 0 Å². The first-order valence-corrected chi connectivity index (χ1v) is 11.7. The molecule has 0 saturated carbocycles. The second-order valence-corrected chi connectivity index (χ2v) is 9.74. The topological polar surface area (TPSA) is 70.9 Å². The molecular formula is C20H32N3O3S+. The number of amides is 1. The maximum absolute atomic E-state index is 12.7. The van der Waals surface area contributed by atoms with Crippen molar-refractivity contribution in [1.29, 1.82) is 0 Å². The Labute approximate surface area is 163 Å². The van der Waals surface area contributed by atoms with Crippen LogP contribution in [0.25, 0.3) is 0 Å². The summed E-state index contributed by atoms with van der Waals surface area (Å²) in [7, 11) is -3.49. The molecule has 0 aliphatic carbocycles. The number of likely N-dealkylation sites (tertiary alicyclic amines) is 1. The van der Waals surface area contributed by atoms with E-state index in [2.05, 4.69) is 12.2 Å². The molecule has 1 amide bonds. The molecule has 0 radical (unpaired) electrons. The minimum Gasteiger partial charge on any atom is -0.352 e. The van der Waals surface area contributed by atoms with Crippen molar-refractivity contribution in [2.75, 3.05) is 32.7 Å². The summed E-state index contributed by atoms with van der Waals surface area (Å²) in [6.45, 7) is 6.36. The number of hydrogen-bond donors (Lipinski definition) is 2. The highest BCUT2D eigenvalue weighted by Crippen LogP contribution is 2.21. The summed E-state index contributed by atoms with van der Waals surface area (Å²) in [6.07, 6.45) is 6.66. The van der Waals surface area contributed by atoms with Gasteiger partial charge < -0.3 is 10.2 Å². The third-order valence-corrected chi connectivity index (χ3v) is 7.74. The maximum Gasteiger partial charge on any atom is 0.251 e. The van der Waals surface area contributed by atoms with Crippen LogP contribution in [0.5, 0.6) is 0 Å². The Bertz CT molecular complexity index is 745. The van der Waals surface area contributed by atoms with Crippen LogP contribution in [0.4, 0.5) is 0 Å². The number of sulfonamides is 1. The minimum atomic E-state index is -3.49. The largest absolute Gasteiger partial charge is 0.352 e. The van der Waals surface area contributed by atoms with Gasteiger partial charge in [-0.3, -0.25) is 4.79 Å².